The number of aliphatic hydroxyl groups excluding tert-OH is 1. The van der Waals surface area contributed by atoms with Gasteiger partial charge >= 0.3 is 0 Å². The van der Waals surface area contributed by atoms with Crippen LogP contribution in [-0.4, -0.2) is 44.3 Å². The van der Waals surface area contributed by atoms with Crippen LogP contribution in [0.25, 0.3) is 0 Å². The topological polar surface area (TPSA) is 26.7 Å². The van der Waals surface area contributed by atoms with Crippen molar-refractivity contribution in [3.05, 3.63) is 29.8 Å². The third kappa shape index (κ3) is 3.90. The Bertz CT molecular complexity index is 299. The molecule has 0 aliphatic rings. The van der Waals surface area contributed by atoms with E-state index < -0.39 is 0 Å². The number of benzene rings is 1. The third-order valence-corrected chi connectivity index (χ3v) is 2.36. The van der Waals surface area contributed by atoms with Crippen LogP contribution in [0.1, 0.15) is 5.56 Å². The minimum absolute atomic E-state index is 0.212. The maximum atomic E-state index is 8.81. The highest BCUT2D eigenvalue weighted by atomic mass is 16.3. The molecule has 1 rings (SSSR count). The van der Waals surface area contributed by atoms with Gasteiger partial charge in [0, 0.05) is 32.9 Å². The first-order valence-electron chi connectivity index (χ1n) is 5.19. The normalized spacial score (nSPS) is 10.7. The molecule has 1 N–H and O–H groups in total. The predicted octanol–water partition coefficient (Wildman–Crippen LogP) is 1.18. The predicted molar refractivity (Wildman–Crippen MR) is 64.2 cm³/mol. The van der Waals surface area contributed by atoms with Gasteiger partial charge in [0.2, 0.25) is 0 Å². The first kappa shape index (κ1) is 12.0. The highest BCUT2D eigenvalue weighted by molar-refractivity contribution is 5.47. The standard InChI is InChI=1S/C12H20N2O/c1-13(2)12-6-4-5-11(9-12)10-14(3)7-8-15/h4-6,9,15H,7-8,10H2,1-3H3. The summed E-state index contributed by atoms with van der Waals surface area (Å²) in [6, 6.07) is 8.45. The van der Waals surface area contributed by atoms with E-state index in [0.29, 0.717) is 6.54 Å². The largest absolute Gasteiger partial charge is 0.395 e. The molecule has 0 amide bonds. The summed E-state index contributed by atoms with van der Waals surface area (Å²) in [7, 11) is 6.09. The quantitative estimate of drug-likeness (QED) is 0.787. The van der Waals surface area contributed by atoms with Gasteiger partial charge in [0.15, 0.2) is 0 Å². The fourth-order valence-corrected chi connectivity index (χ4v) is 1.49. The van der Waals surface area contributed by atoms with Crippen LogP contribution in [0.3, 0.4) is 0 Å². The van der Waals surface area contributed by atoms with E-state index in [-0.39, 0.29) is 6.61 Å². The molecule has 3 nitrogen and oxygen atoms in total. The van der Waals surface area contributed by atoms with Crippen LogP contribution in [0.2, 0.25) is 0 Å². The lowest BCUT2D eigenvalue weighted by Gasteiger charge is -2.17. The monoisotopic (exact) mass is 208 g/mol. The third-order valence-electron chi connectivity index (χ3n) is 2.36. The average Bonchev–Trinajstić information content (AvgIpc) is 2.18. The maximum absolute atomic E-state index is 8.81. The highest BCUT2D eigenvalue weighted by Gasteiger charge is 2.01. The smallest absolute Gasteiger partial charge is 0.0558 e. The van der Waals surface area contributed by atoms with Crippen molar-refractivity contribution < 1.29 is 5.11 Å². The minimum Gasteiger partial charge on any atom is -0.395 e. The first-order chi connectivity index (χ1) is 7.13. The molecule has 0 spiro atoms. The second-order valence-corrected chi connectivity index (χ2v) is 4.03. The van der Waals surface area contributed by atoms with Crippen LogP contribution in [0, 0.1) is 0 Å². The number of anilines is 1. The van der Waals surface area contributed by atoms with Gasteiger partial charge in [-0.3, -0.25) is 4.90 Å². The molecule has 0 aromatic heterocycles. The Kier molecular flexibility index (Phi) is 4.59. The van der Waals surface area contributed by atoms with Crippen LogP contribution in [0.4, 0.5) is 5.69 Å². The van der Waals surface area contributed by atoms with Crippen molar-refractivity contribution in [1.82, 2.24) is 4.90 Å². The van der Waals surface area contributed by atoms with Gasteiger partial charge in [-0.15, -0.1) is 0 Å². The van der Waals surface area contributed by atoms with E-state index in [9.17, 15) is 0 Å². The molecular formula is C12H20N2O. The van der Waals surface area contributed by atoms with Crippen molar-refractivity contribution in [3.8, 4) is 0 Å². The Balaban J connectivity index is 2.65. The lowest BCUT2D eigenvalue weighted by atomic mass is 10.2. The van der Waals surface area contributed by atoms with E-state index in [1.165, 1.54) is 11.3 Å². The Morgan fingerprint density at radius 1 is 1.20 bits per heavy atom. The molecule has 0 radical (unpaired) electrons. The van der Waals surface area contributed by atoms with Gasteiger partial charge in [-0.2, -0.15) is 0 Å². The minimum atomic E-state index is 0.212. The summed E-state index contributed by atoms with van der Waals surface area (Å²) in [6.07, 6.45) is 0. The van der Waals surface area contributed by atoms with Gasteiger partial charge in [0.25, 0.3) is 0 Å². The number of nitrogens with zero attached hydrogens (tertiary/aromatic N) is 2. The zero-order valence-corrected chi connectivity index (χ0v) is 9.77. The second-order valence-electron chi connectivity index (χ2n) is 4.03. The summed E-state index contributed by atoms with van der Waals surface area (Å²) < 4.78 is 0. The molecule has 0 atom stereocenters. The fourth-order valence-electron chi connectivity index (χ4n) is 1.49. The molecule has 0 aliphatic carbocycles. The molecule has 0 heterocycles. The van der Waals surface area contributed by atoms with Crippen LogP contribution < -0.4 is 4.90 Å². The fraction of sp³-hybridized carbons (Fsp3) is 0.500. The summed E-state index contributed by atoms with van der Waals surface area (Å²) in [4.78, 5) is 4.20. The lowest BCUT2D eigenvalue weighted by Crippen LogP contribution is -2.21. The lowest BCUT2D eigenvalue weighted by molar-refractivity contribution is 0.217. The number of likely N-dealkylation sites (N-methyl/N-ethyl adjacent to an activating group) is 1. The molecule has 0 unspecified atom stereocenters. The SMILES string of the molecule is CN(CCO)Cc1cccc(N(C)C)c1. The summed E-state index contributed by atoms with van der Waals surface area (Å²) in [5.74, 6) is 0. The van der Waals surface area contributed by atoms with Gasteiger partial charge in [-0.25, -0.2) is 0 Å². The first-order valence-corrected chi connectivity index (χ1v) is 5.19. The molecule has 0 fully saturated rings. The van der Waals surface area contributed by atoms with Gasteiger partial charge < -0.3 is 10.0 Å². The zero-order valence-electron chi connectivity index (χ0n) is 9.77. The van der Waals surface area contributed by atoms with E-state index in [1.807, 2.05) is 21.1 Å². The molecule has 15 heavy (non-hydrogen) atoms. The van der Waals surface area contributed by atoms with Crippen molar-refractivity contribution in [3.63, 3.8) is 0 Å². The van der Waals surface area contributed by atoms with Crippen molar-refractivity contribution in [2.45, 2.75) is 6.54 Å². The Morgan fingerprint density at radius 3 is 2.53 bits per heavy atom. The number of aliphatic hydroxyl groups is 1. The molecular weight excluding hydrogens is 188 g/mol. The van der Waals surface area contributed by atoms with Crippen molar-refractivity contribution >= 4 is 5.69 Å². The van der Waals surface area contributed by atoms with Gasteiger partial charge in [-0.05, 0) is 24.7 Å². The van der Waals surface area contributed by atoms with E-state index in [2.05, 4.69) is 34.1 Å². The van der Waals surface area contributed by atoms with Gasteiger partial charge in [-0.1, -0.05) is 12.1 Å². The van der Waals surface area contributed by atoms with E-state index >= 15 is 0 Å². The van der Waals surface area contributed by atoms with Crippen molar-refractivity contribution in [2.75, 3.05) is 39.2 Å². The molecule has 3 heteroatoms. The Hall–Kier alpha value is -1.06. The highest BCUT2D eigenvalue weighted by Crippen LogP contribution is 2.14. The van der Waals surface area contributed by atoms with Crippen LogP contribution in [0.15, 0.2) is 24.3 Å². The van der Waals surface area contributed by atoms with E-state index in [4.69, 9.17) is 5.11 Å². The number of rotatable bonds is 5. The number of hydrogen-bond donors (Lipinski definition) is 1. The molecule has 84 valence electrons. The van der Waals surface area contributed by atoms with E-state index in [0.717, 1.165) is 6.54 Å². The second kappa shape index (κ2) is 5.73. The summed E-state index contributed by atoms with van der Waals surface area (Å²) in [5.41, 5.74) is 2.49. The number of hydrogen-bond acceptors (Lipinski definition) is 3. The van der Waals surface area contributed by atoms with Crippen molar-refractivity contribution in [1.29, 1.82) is 0 Å². The Labute approximate surface area is 91.9 Å². The van der Waals surface area contributed by atoms with Crippen molar-refractivity contribution in [2.24, 2.45) is 0 Å². The van der Waals surface area contributed by atoms with Crippen LogP contribution in [-0.2, 0) is 6.54 Å². The van der Waals surface area contributed by atoms with Gasteiger partial charge in [0.1, 0.15) is 0 Å². The molecule has 0 bridgehead atoms. The Morgan fingerprint density at radius 2 is 1.93 bits per heavy atom. The van der Waals surface area contributed by atoms with Gasteiger partial charge in [0.05, 0.1) is 6.61 Å². The zero-order chi connectivity index (χ0) is 11.3. The van der Waals surface area contributed by atoms with Crippen LogP contribution in [0.5, 0.6) is 0 Å². The summed E-state index contributed by atoms with van der Waals surface area (Å²) >= 11 is 0. The molecule has 0 saturated carbocycles. The molecule has 0 saturated heterocycles. The maximum Gasteiger partial charge on any atom is 0.0558 e. The molecule has 1 aromatic rings. The molecule has 1 aromatic carbocycles. The summed E-state index contributed by atoms with van der Waals surface area (Å²) in [6.45, 7) is 1.80. The van der Waals surface area contributed by atoms with E-state index in [1.54, 1.807) is 0 Å². The summed E-state index contributed by atoms with van der Waals surface area (Å²) in [5, 5.41) is 8.81. The van der Waals surface area contributed by atoms with Crippen LogP contribution >= 0.6 is 0 Å². The average molecular weight is 208 g/mol. The molecule has 0 aliphatic heterocycles.